The summed E-state index contributed by atoms with van der Waals surface area (Å²) in [6, 6.07) is 2.93. The van der Waals surface area contributed by atoms with Gasteiger partial charge in [-0.3, -0.25) is 10.1 Å². The molecule has 1 aromatic rings. The molecule has 0 unspecified atom stereocenters. The zero-order valence-electron chi connectivity index (χ0n) is 10.2. The van der Waals surface area contributed by atoms with E-state index in [0.29, 0.717) is 0 Å². The fourth-order valence-electron chi connectivity index (χ4n) is 2.19. The van der Waals surface area contributed by atoms with Crippen LogP contribution in [0.5, 0.6) is 5.88 Å². The number of pyridine rings is 1. The van der Waals surface area contributed by atoms with E-state index in [-0.39, 0.29) is 23.8 Å². The number of hydrogen-bond acceptors (Lipinski definition) is 5. The van der Waals surface area contributed by atoms with Gasteiger partial charge < -0.3 is 9.47 Å². The van der Waals surface area contributed by atoms with Crippen molar-refractivity contribution in [3.8, 4) is 5.88 Å². The summed E-state index contributed by atoms with van der Waals surface area (Å²) in [6.07, 6.45) is 5.27. The summed E-state index contributed by atoms with van der Waals surface area (Å²) in [5.74, 6) is 0.101. The molecule has 18 heavy (non-hydrogen) atoms. The second-order valence-electron chi connectivity index (χ2n) is 4.35. The van der Waals surface area contributed by atoms with Crippen molar-refractivity contribution in [3.63, 3.8) is 0 Å². The summed E-state index contributed by atoms with van der Waals surface area (Å²) >= 11 is 0. The van der Waals surface area contributed by atoms with E-state index in [9.17, 15) is 10.1 Å². The summed E-state index contributed by atoms with van der Waals surface area (Å²) in [6.45, 7) is 0. The van der Waals surface area contributed by atoms with E-state index in [4.69, 9.17) is 9.47 Å². The van der Waals surface area contributed by atoms with Crippen molar-refractivity contribution >= 4 is 5.69 Å². The highest BCUT2D eigenvalue weighted by Gasteiger charge is 2.26. The van der Waals surface area contributed by atoms with E-state index in [1.54, 1.807) is 7.11 Å². The minimum atomic E-state index is -0.473. The molecule has 0 aromatic carbocycles. The molecule has 1 heterocycles. The maximum atomic E-state index is 10.8. The van der Waals surface area contributed by atoms with Crippen molar-refractivity contribution in [2.45, 2.75) is 37.9 Å². The number of methoxy groups -OCH3 is 1. The first-order chi connectivity index (χ1) is 8.70. The van der Waals surface area contributed by atoms with Crippen LogP contribution in [-0.4, -0.2) is 29.2 Å². The van der Waals surface area contributed by atoms with Gasteiger partial charge in [0.25, 0.3) is 5.88 Å². The van der Waals surface area contributed by atoms with Crippen LogP contribution in [0.3, 0.4) is 0 Å². The second-order valence-corrected chi connectivity index (χ2v) is 4.35. The molecule has 0 spiro atoms. The first-order valence-electron chi connectivity index (χ1n) is 5.99. The highest BCUT2D eigenvalue weighted by molar-refractivity contribution is 5.39. The van der Waals surface area contributed by atoms with Gasteiger partial charge in [-0.15, -0.1) is 0 Å². The maximum Gasteiger partial charge on any atom is 0.330 e. The molecule has 6 heteroatoms. The van der Waals surface area contributed by atoms with Crippen LogP contribution in [0.15, 0.2) is 18.3 Å². The molecule has 0 bridgehead atoms. The van der Waals surface area contributed by atoms with Crippen molar-refractivity contribution in [3.05, 3.63) is 28.4 Å². The Hall–Kier alpha value is -1.69. The third kappa shape index (κ3) is 2.95. The van der Waals surface area contributed by atoms with E-state index in [2.05, 4.69) is 4.98 Å². The third-order valence-electron chi connectivity index (χ3n) is 3.14. The fourth-order valence-corrected chi connectivity index (χ4v) is 2.19. The molecule has 1 aliphatic rings. The van der Waals surface area contributed by atoms with Gasteiger partial charge in [0.1, 0.15) is 6.10 Å². The van der Waals surface area contributed by atoms with Gasteiger partial charge in [-0.05, 0) is 25.3 Å². The second kappa shape index (κ2) is 5.77. The SMILES string of the molecule is CO[C@@H]1CCC[C@@H](Oc2ncccc2[N+](=O)[O-])C1. The predicted molar refractivity (Wildman–Crippen MR) is 64.6 cm³/mol. The van der Waals surface area contributed by atoms with Gasteiger partial charge in [-0.25, -0.2) is 4.98 Å². The Balaban J connectivity index is 2.07. The molecule has 2 atom stereocenters. The number of ether oxygens (including phenoxy) is 2. The zero-order chi connectivity index (χ0) is 13.0. The number of nitrogens with zero attached hydrogens (tertiary/aromatic N) is 2. The number of aromatic nitrogens is 1. The summed E-state index contributed by atoms with van der Waals surface area (Å²) in [4.78, 5) is 14.3. The normalized spacial score (nSPS) is 23.6. The smallest absolute Gasteiger partial charge is 0.330 e. The predicted octanol–water partition coefficient (Wildman–Crippen LogP) is 2.33. The van der Waals surface area contributed by atoms with E-state index in [1.807, 2.05) is 0 Å². The Labute approximate surface area is 105 Å². The topological polar surface area (TPSA) is 74.5 Å². The molecular weight excluding hydrogens is 236 g/mol. The van der Waals surface area contributed by atoms with Gasteiger partial charge in [-0.1, -0.05) is 0 Å². The van der Waals surface area contributed by atoms with Crippen molar-refractivity contribution in [1.29, 1.82) is 0 Å². The van der Waals surface area contributed by atoms with Crippen LogP contribution in [0.25, 0.3) is 0 Å². The van der Waals surface area contributed by atoms with Gasteiger partial charge in [0.15, 0.2) is 0 Å². The monoisotopic (exact) mass is 252 g/mol. The summed E-state index contributed by atoms with van der Waals surface area (Å²) in [5, 5.41) is 10.8. The first-order valence-corrected chi connectivity index (χ1v) is 5.99. The molecule has 2 rings (SSSR count). The van der Waals surface area contributed by atoms with Gasteiger partial charge in [0.2, 0.25) is 0 Å². The van der Waals surface area contributed by atoms with Crippen molar-refractivity contribution in [2.75, 3.05) is 7.11 Å². The zero-order valence-corrected chi connectivity index (χ0v) is 10.2. The molecule has 0 aliphatic heterocycles. The van der Waals surface area contributed by atoms with Crippen LogP contribution in [0, 0.1) is 10.1 Å². The van der Waals surface area contributed by atoms with Gasteiger partial charge in [-0.2, -0.15) is 0 Å². The molecule has 1 aromatic heterocycles. The molecule has 1 fully saturated rings. The number of nitro groups is 1. The minimum absolute atomic E-state index is 0.0581. The summed E-state index contributed by atoms with van der Waals surface area (Å²) < 4.78 is 10.9. The lowest BCUT2D eigenvalue weighted by atomic mass is 9.95. The molecule has 0 radical (unpaired) electrons. The Morgan fingerprint density at radius 2 is 2.22 bits per heavy atom. The average Bonchev–Trinajstić information content (AvgIpc) is 2.39. The lowest BCUT2D eigenvalue weighted by molar-refractivity contribution is -0.386. The van der Waals surface area contributed by atoms with Crippen LogP contribution in [0.2, 0.25) is 0 Å². The molecule has 0 amide bonds. The molecule has 1 aliphatic carbocycles. The average molecular weight is 252 g/mol. The van der Waals surface area contributed by atoms with E-state index in [0.717, 1.165) is 25.7 Å². The highest BCUT2D eigenvalue weighted by Crippen LogP contribution is 2.29. The Morgan fingerprint density at radius 3 is 2.94 bits per heavy atom. The third-order valence-corrected chi connectivity index (χ3v) is 3.14. The largest absolute Gasteiger partial charge is 0.469 e. The van der Waals surface area contributed by atoms with Gasteiger partial charge >= 0.3 is 5.69 Å². The van der Waals surface area contributed by atoms with Crippen LogP contribution in [-0.2, 0) is 4.74 Å². The molecule has 98 valence electrons. The Bertz CT molecular complexity index is 424. The molecular formula is C12H16N2O4. The van der Waals surface area contributed by atoms with Crippen LogP contribution >= 0.6 is 0 Å². The van der Waals surface area contributed by atoms with Crippen molar-refractivity contribution in [2.24, 2.45) is 0 Å². The quantitative estimate of drug-likeness (QED) is 0.607. The van der Waals surface area contributed by atoms with Crippen LogP contribution in [0.4, 0.5) is 5.69 Å². The first kappa shape index (κ1) is 12.8. The lowest BCUT2D eigenvalue weighted by Gasteiger charge is -2.28. The molecule has 0 saturated heterocycles. The summed E-state index contributed by atoms with van der Waals surface area (Å²) in [7, 11) is 1.68. The van der Waals surface area contributed by atoms with E-state index in [1.165, 1.54) is 18.3 Å². The maximum absolute atomic E-state index is 10.8. The fraction of sp³-hybridized carbons (Fsp3) is 0.583. The van der Waals surface area contributed by atoms with Gasteiger partial charge in [0.05, 0.1) is 11.0 Å². The van der Waals surface area contributed by atoms with Crippen LogP contribution in [0.1, 0.15) is 25.7 Å². The Kier molecular flexibility index (Phi) is 4.09. The molecule has 1 saturated carbocycles. The van der Waals surface area contributed by atoms with Crippen LogP contribution < -0.4 is 4.74 Å². The van der Waals surface area contributed by atoms with E-state index >= 15 is 0 Å². The molecule has 0 N–H and O–H groups in total. The number of hydrogen-bond donors (Lipinski definition) is 0. The number of rotatable bonds is 4. The highest BCUT2D eigenvalue weighted by atomic mass is 16.6. The van der Waals surface area contributed by atoms with Crippen molar-refractivity contribution in [1.82, 2.24) is 4.98 Å². The summed E-state index contributed by atoms with van der Waals surface area (Å²) in [5.41, 5.74) is -0.0861. The standard InChI is InChI=1S/C12H16N2O4/c1-17-9-4-2-5-10(8-9)18-12-11(14(15)16)6-3-7-13-12/h3,6-7,9-10H,2,4-5,8H2,1H3/t9-,10-/m1/s1. The lowest BCUT2D eigenvalue weighted by Crippen LogP contribution is -2.29. The molecule has 6 nitrogen and oxygen atoms in total. The van der Waals surface area contributed by atoms with Crippen molar-refractivity contribution < 1.29 is 14.4 Å². The minimum Gasteiger partial charge on any atom is -0.469 e. The Morgan fingerprint density at radius 1 is 1.44 bits per heavy atom. The van der Waals surface area contributed by atoms with E-state index < -0.39 is 4.92 Å². The van der Waals surface area contributed by atoms with Gasteiger partial charge in [0, 0.05) is 25.8 Å².